The molecule has 1 aromatic heterocycles. The van der Waals surface area contributed by atoms with E-state index in [2.05, 4.69) is 10.4 Å². The zero-order chi connectivity index (χ0) is 13.8. The Kier molecular flexibility index (Phi) is 4.86. The van der Waals surface area contributed by atoms with E-state index in [-0.39, 0.29) is 0 Å². The van der Waals surface area contributed by atoms with Gasteiger partial charge in [-0.15, -0.1) is 0 Å². The highest BCUT2D eigenvalue weighted by atomic mass is 35.5. The molecule has 1 atom stereocenters. The summed E-state index contributed by atoms with van der Waals surface area (Å²) in [7, 11) is 3.88. The van der Waals surface area contributed by atoms with Gasteiger partial charge in [-0.25, -0.2) is 0 Å². The van der Waals surface area contributed by atoms with Gasteiger partial charge in [0, 0.05) is 35.8 Å². The first kappa shape index (κ1) is 14.4. The lowest BCUT2D eigenvalue weighted by atomic mass is 10.0. The molecule has 0 amide bonds. The highest BCUT2D eigenvalue weighted by Crippen LogP contribution is 2.22. The SMILES string of the molecule is CNC(Cc1ccn(C)n1)Cc1ccc(Cl)cc1Cl. The van der Waals surface area contributed by atoms with Gasteiger partial charge in [-0.3, -0.25) is 4.68 Å². The topological polar surface area (TPSA) is 29.9 Å². The second-order valence-corrected chi connectivity index (χ2v) is 5.45. The molecule has 0 spiro atoms. The van der Waals surface area contributed by atoms with E-state index in [1.807, 2.05) is 43.2 Å². The zero-order valence-corrected chi connectivity index (χ0v) is 12.5. The first-order chi connectivity index (χ1) is 9.08. The fraction of sp³-hybridized carbons (Fsp3) is 0.357. The van der Waals surface area contributed by atoms with Crippen LogP contribution in [0.3, 0.4) is 0 Å². The molecular formula is C14H17Cl2N3. The lowest BCUT2D eigenvalue weighted by Gasteiger charge is -2.16. The van der Waals surface area contributed by atoms with E-state index < -0.39 is 0 Å². The average Bonchev–Trinajstić information content (AvgIpc) is 2.77. The van der Waals surface area contributed by atoms with Gasteiger partial charge in [0.1, 0.15) is 0 Å². The van der Waals surface area contributed by atoms with Crippen LogP contribution in [0.1, 0.15) is 11.3 Å². The molecule has 0 saturated heterocycles. The molecular weight excluding hydrogens is 281 g/mol. The van der Waals surface area contributed by atoms with Gasteiger partial charge in [0.15, 0.2) is 0 Å². The number of aromatic nitrogens is 2. The molecule has 0 radical (unpaired) electrons. The molecule has 2 rings (SSSR count). The lowest BCUT2D eigenvalue weighted by Crippen LogP contribution is -2.30. The van der Waals surface area contributed by atoms with Gasteiger partial charge in [0.05, 0.1) is 5.69 Å². The molecule has 102 valence electrons. The number of hydrogen-bond acceptors (Lipinski definition) is 2. The predicted molar refractivity (Wildman–Crippen MR) is 79.9 cm³/mol. The molecule has 19 heavy (non-hydrogen) atoms. The van der Waals surface area contributed by atoms with Crippen molar-refractivity contribution >= 4 is 23.2 Å². The molecule has 1 unspecified atom stereocenters. The maximum absolute atomic E-state index is 6.21. The van der Waals surface area contributed by atoms with E-state index in [9.17, 15) is 0 Å². The van der Waals surface area contributed by atoms with Crippen molar-refractivity contribution in [1.29, 1.82) is 0 Å². The Bertz CT molecular complexity index is 551. The third-order valence-corrected chi connectivity index (χ3v) is 3.70. The van der Waals surface area contributed by atoms with E-state index in [0.29, 0.717) is 16.1 Å². The summed E-state index contributed by atoms with van der Waals surface area (Å²) in [6.45, 7) is 0. The Morgan fingerprint density at radius 2 is 2.05 bits per heavy atom. The highest BCUT2D eigenvalue weighted by Gasteiger charge is 2.12. The van der Waals surface area contributed by atoms with Crippen LogP contribution in [0.4, 0.5) is 0 Å². The van der Waals surface area contributed by atoms with E-state index >= 15 is 0 Å². The summed E-state index contributed by atoms with van der Waals surface area (Å²) >= 11 is 12.1. The van der Waals surface area contributed by atoms with Gasteiger partial charge in [-0.1, -0.05) is 29.3 Å². The van der Waals surface area contributed by atoms with E-state index in [1.165, 1.54) is 0 Å². The molecule has 1 N–H and O–H groups in total. The van der Waals surface area contributed by atoms with Crippen molar-refractivity contribution in [2.75, 3.05) is 7.05 Å². The minimum atomic E-state index is 0.300. The molecule has 0 aliphatic carbocycles. The maximum Gasteiger partial charge on any atom is 0.0640 e. The van der Waals surface area contributed by atoms with Crippen molar-refractivity contribution in [1.82, 2.24) is 15.1 Å². The molecule has 2 aromatic rings. The Balaban J connectivity index is 2.06. The Morgan fingerprint density at radius 3 is 2.63 bits per heavy atom. The summed E-state index contributed by atoms with van der Waals surface area (Å²) in [5.74, 6) is 0. The van der Waals surface area contributed by atoms with Crippen molar-refractivity contribution < 1.29 is 0 Å². The summed E-state index contributed by atoms with van der Waals surface area (Å²) in [5.41, 5.74) is 2.17. The Hall–Kier alpha value is -1.03. The van der Waals surface area contributed by atoms with Crippen molar-refractivity contribution in [3.05, 3.63) is 51.8 Å². The van der Waals surface area contributed by atoms with Gasteiger partial charge in [-0.2, -0.15) is 5.10 Å². The molecule has 0 fully saturated rings. The van der Waals surface area contributed by atoms with Crippen LogP contribution >= 0.6 is 23.2 Å². The summed E-state index contributed by atoms with van der Waals surface area (Å²) < 4.78 is 1.82. The second kappa shape index (κ2) is 6.42. The first-order valence-electron chi connectivity index (χ1n) is 6.18. The van der Waals surface area contributed by atoms with Crippen LogP contribution in [0.15, 0.2) is 30.5 Å². The average molecular weight is 298 g/mol. The van der Waals surface area contributed by atoms with Crippen molar-refractivity contribution in [2.24, 2.45) is 7.05 Å². The van der Waals surface area contributed by atoms with Crippen LogP contribution in [0, 0.1) is 0 Å². The predicted octanol–water partition coefficient (Wildman–Crippen LogP) is 3.10. The third-order valence-electron chi connectivity index (χ3n) is 3.11. The molecule has 0 bridgehead atoms. The Morgan fingerprint density at radius 1 is 1.26 bits per heavy atom. The molecule has 0 aliphatic rings. The van der Waals surface area contributed by atoms with Gasteiger partial charge in [0.25, 0.3) is 0 Å². The standard InChI is InChI=1S/C14H17Cl2N3/c1-17-13(9-12-5-6-19(2)18-12)7-10-3-4-11(15)8-14(10)16/h3-6,8,13,17H,7,9H2,1-2H3. The van der Waals surface area contributed by atoms with Gasteiger partial charge < -0.3 is 5.32 Å². The number of aryl methyl sites for hydroxylation is 1. The van der Waals surface area contributed by atoms with Crippen LogP contribution < -0.4 is 5.32 Å². The second-order valence-electron chi connectivity index (χ2n) is 4.61. The fourth-order valence-electron chi connectivity index (χ4n) is 2.05. The monoisotopic (exact) mass is 297 g/mol. The van der Waals surface area contributed by atoms with Crippen LogP contribution in [0.25, 0.3) is 0 Å². The summed E-state index contributed by atoms with van der Waals surface area (Å²) in [6.07, 6.45) is 3.68. The number of likely N-dealkylation sites (N-methyl/N-ethyl adjacent to an activating group) is 1. The van der Waals surface area contributed by atoms with Gasteiger partial charge in [0.2, 0.25) is 0 Å². The molecule has 5 heteroatoms. The molecule has 0 saturated carbocycles. The van der Waals surface area contributed by atoms with Crippen LogP contribution in [0.5, 0.6) is 0 Å². The smallest absolute Gasteiger partial charge is 0.0640 e. The molecule has 0 aliphatic heterocycles. The fourth-order valence-corrected chi connectivity index (χ4v) is 2.54. The van der Waals surface area contributed by atoms with Crippen LogP contribution in [-0.4, -0.2) is 22.9 Å². The van der Waals surface area contributed by atoms with E-state index in [1.54, 1.807) is 6.07 Å². The largest absolute Gasteiger partial charge is 0.316 e. The number of hydrogen-bond donors (Lipinski definition) is 1. The summed E-state index contributed by atoms with van der Waals surface area (Å²) in [6, 6.07) is 7.97. The quantitative estimate of drug-likeness (QED) is 0.919. The van der Waals surface area contributed by atoms with Gasteiger partial charge in [-0.05, 0) is 37.2 Å². The number of nitrogens with one attached hydrogen (secondary N) is 1. The van der Waals surface area contributed by atoms with Crippen molar-refractivity contribution in [3.63, 3.8) is 0 Å². The third kappa shape index (κ3) is 3.96. The maximum atomic E-state index is 6.21. The van der Waals surface area contributed by atoms with Gasteiger partial charge >= 0.3 is 0 Å². The highest BCUT2D eigenvalue weighted by molar-refractivity contribution is 6.35. The first-order valence-corrected chi connectivity index (χ1v) is 6.94. The number of nitrogens with zero attached hydrogens (tertiary/aromatic N) is 2. The number of rotatable bonds is 5. The van der Waals surface area contributed by atoms with Crippen LogP contribution in [0.2, 0.25) is 10.0 Å². The number of halogens is 2. The van der Waals surface area contributed by atoms with E-state index in [4.69, 9.17) is 23.2 Å². The molecule has 3 nitrogen and oxygen atoms in total. The lowest BCUT2D eigenvalue weighted by molar-refractivity contribution is 0.545. The minimum Gasteiger partial charge on any atom is -0.316 e. The Labute approximate surface area is 123 Å². The zero-order valence-electron chi connectivity index (χ0n) is 11.0. The van der Waals surface area contributed by atoms with Crippen molar-refractivity contribution in [3.8, 4) is 0 Å². The molecule has 1 heterocycles. The van der Waals surface area contributed by atoms with Crippen molar-refractivity contribution in [2.45, 2.75) is 18.9 Å². The molecule has 1 aromatic carbocycles. The van der Waals surface area contributed by atoms with E-state index in [0.717, 1.165) is 24.1 Å². The minimum absolute atomic E-state index is 0.300. The summed E-state index contributed by atoms with van der Waals surface area (Å²) in [5, 5.41) is 9.09. The normalized spacial score (nSPS) is 12.6. The van der Waals surface area contributed by atoms with Crippen LogP contribution in [-0.2, 0) is 19.9 Å². The number of benzene rings is 1. The summed E-state index contributed by atoms with van der Waals surface area (Å²) in [4.78, 5) is 0.